The van der Waals surface area contributed by atoms with Crippen LogP contribution in [0, 0.1) is 11.6 Å². The van der Waals surface area contributed by atoms with Crippen molar-refractivity contribution in [2.75, 3.05) is 32.7 Å². The second-order valence-corrected chi connectivity index (χ2v) is 7.60. The van der Waals surface area contributed by atoms with Gasteiger partial charge in [-0.3, -0.25) is 4.79 Å². The first-order valence-corrected chi connectivity index (χ1v) is 9.29. The molecule has 0 spiro atoms. The van der Waals surface area contributed by atoms with E-state index < -0.39 is 26.6 Å². The Morgan fingerprint density at radius 1 is 1.29 bits per heavy atom. The lowest BCUT2D eigenvalue weighted by Crippen LogP contribution is -3.19. The number of hydrogen-bond donors (Lipinski definition) is 2. The van der Waals surface area contributed by atoms with Gasteiger partial charge in [0, 0.05) is 6.54 Å². The Bertz CT molecular complexity index is 684. The van der Waals surface area contributed by atoms with E-state index in [0.29, 0.717) is 19.6 Å². The number of hydrogen-bond acceptors (Lipinski definition) is 3. The van der Waals surface area contributed by atoms with Gasteiger partial charge >= 0.3 is 0 Å². The fourth-order valence-electron chi connectivity index (χ4n) is 2.82. The van der Waals surface area contributed by atoms with Gasteiger partial charge in [-0.2, -0.15) is 4.31 Å². The summed E-state index contributed by atoms with van der Waals surface area (Å²) in [5.41, 5.74) is 0. The maximum Gasteiger partial charge on any atom is 0.278 e. The number of likely N-dealkylation sites (N-methyl/N-ethyl adjacent to an activating group) is 1. The van der Waals surface area contributed by atoms with Gasteiger partial charge in [-0.15, -0.1) is 0 Å². The van der Waals surface area contributed by atoms with Crippen molar-refractivity contribution in [1.82, 2.24) is 9.62 Å². The molecule has 0 aromatic heterocycles. The lowest BCUT2D eigenvalue weighted by Gasteiger charge is -2.34. The van der Waals surface area contributed by atoms with Gasteiger partial charge in [0.15, 0.2) is 10.9 Å². The third-order valence-electron chi connectivity index (χ3n) is 4.24. The smallest absolute Gasteiger partial charge is 0.278 e. The number of nitrogens with zero attached hydrogens (tertiary/aromatic N) is 1. The molecule has 1 aromatic carbocycles. The van der Waals surface area contributed by atoms with Gasteiger partial charge < -0.3 is 10.2 Å². The van der Waals surface area contributed by atoms with E-state index in [1.807, 2.05) is 6.92 Å². The van der Waals surface area contributed by atoms with Gasteiger partial charge in [0.1, 0.15) is 11.6 Å². The Morgan fingerprint density at radius 3 is 2.33 bits per heavy atom. The number of amides is 1. The number of rotatable bonds is 5. The average Bonchev–Trinajstić information content (AvgIpc) is 2.54. The number of carbonyl (C=O) groups excluding carboxylic acids is 1. The Balaban J connectivity index is 2.10. The van der Waals surface area contributed by atoms with Crippen LogP contribution in [0.5, 0.6) is 0 Å². The van der Waals surface area contributed by atoms with Crippen LogP contribution in [0.4, 0.5) is 8.78 Å². The number of carbonyl (C=O) groups is 1. The molecule has 0 aliphatic carbocycles. The minimum Gasteiger partial charge on any atom is -0.351 e. The molecule has 9 heteroatoms. The third-order valence-corrected chi connectivity index (χ3v) is 6.19. The van der Waals surface area contributed by atoms with Crippen molar-refractivity contribution in [3.8, 4) is 0 Å². The predicted octanol–water partition coefficient (Wildman–Crippen LogP) is -0.621. The molecule has 1 amide bonds. The van der Waals surface area contributed by atoms with Crippen LogP contribution in [0.15, 0.2) is 23.1 Å². The molecule has 134 valence electrons. The molecule has 0 radical (unpaired) electrons. The van der Waals surface area contributed by atoms with Crippen LogP contribution < -0.4 is 10.2 Å². The highest BCUT2D eigenvalue weighted by Crippen LogP contribution is 2.22. The van der Waals surface area contributed by atoms with Crippen LogP contribution in [-0.2, 0) is 14.8 Å². The number of benzene rings is 1. The number of sulfonamides is 1. The van der Waals surface area contributed by atoms with Crippen LogP contribution in [0.3, 0.4) is 0 Å². The zero-order valence-corrected chi connectivity index (χ0v) is 14.5. The van der Waals surface area contributed by atoms with E-state index in [0.717, 1.165) is 27.4 Å². The monoisotopic (exact) mass is 362 g/mol. The molecule has 0 saturated carbocycles. The molecule has 1 aliphatic heterocycles. The van der Waals surface area contributed by atoms with Crippen molar-refractivity contribution < 1.29 is 26.9 Å². The Labute approximate surface area is 140 Å². The molecular weight excluding hydrogens is 340 g/mol. The molecule has 1 fully saturated rings. The summed E-state index contributed by atoms with van der Waals surface area (Å²) >= 11 is 0. The fourth-order valence-corrected chi connectivity index (χ4v) is 4.37. The second kappa shape index (κ2) is 7.54. The summed E-state index contributed by atoms with van der Waals surface area (Å²) in [6, 6.07) is 2.67. The van der Waals surface area contributed by atoms with Crippen LogP contribution in [0.2, 0.25) is 0 Å². The van der Waals surface area contributed by atoms with E-state index in [1.165, 1.54) is 0 Å². The average molecular weight is 362 g/mol. The number of nitrogens with one attached hydrogen (secondary N) is 2. The topological polar surface area (TPSA) is 70.9 Å². The van der Waals surface area contributed by atoms with Crippen LogP contribution in [0.25, 0.3) is 0 Å². The molecule has 1 heterocycles. The summed E-state index contributed by atoms with van der Waals surface area (Å²) in [4.78, 5) is 11.9. The normalized spacial score (nSPS) is 18.3. The fraction of sp³-hybridized carbons (Fsp3) is 0.533. The molecule has 2 N–H and O–H groups in total. The predicted molar refractivity (Wildman–Crippen MR) is 84.0 cm³/mol. The molecule has 1 aromatic rings. The molecule has 2 rings (SSSR count). The van der Waals surface area contributed by atoms with E-state index in [-0.39, 0.29) is 25.0 Å². The zero-order valence-electron chi connectivity index (χ0n) is 13.7. The SMILES string of the molecule is CCNC(=O)[C@@H](C)[NH+]1CCN(S(=O)(=O)c2c(F)cccc2F)CC1. The molecule has 1 atom stereocenters. The first-order valence-electron chi connectivity index (χ1n) is 7.85. The standard InChI is InChI=1S/C15H21F2N3O3S/c1-3-18-15(21)11(2)19-7-9-20(10-8-19)24(22,23)14-12(16)5-4-6-13(14)17/h4-6,11H,3,7-10H2,1-2H3,(H,18,21)/p+1/t11-/m1/s1. The molecule has 24 heavy (non-hydrogen) atoms. The highest BCUT2D eigenvalue weighted by Gasteiger charge is 2.36. The Kier molecular flexibility index (Phi) is 5.89. The van der Waals surface area contributed by atoms with Gasteiger partial charge in [0.2, 0.25) is 10.0 Å². The zero-order chi connectivity index (χ0) is 17.9. The molecule has 1 saturated heterocycles. The Morgan fingerprint density at radius 2 is 1.83 bits per heavy atom. The number of halogens is 2. The summed E-state index contributed by atoms with van der Waals surface area (Å²) in [5.74, 6) is -2.29. The summed E-state index contributed by atoms with van der Waals surface area (Å²) in [6.45, 7) is 5.14. The molecule has 1 aliphatic rings. The highest BCUT2D eigenvalue weighted by atomic mass is 32.2. The Hall–Kier alpha value is -1.58. The van der Waals surface area contributed by atoms with E-state index in [1.54, 1.807) is 6.92 Å². The summed E-state index contributed by atoms with van der Waals surface area (Å²) in [6.07, 6.45) is 0. The first-order chi connectivity index (χ1) is 11.3. The summed E-state index contributed by atoms with van der Waals surface area (Å²) in [7, 11) is -4.23. The van der Waals surface area contributed by atoms with Crippen LogP contribution >= 0.6 is 0 Å². The second-order valence-electron chi connectivity index (χ2n) is 5.73. The lowest BCUT2D eigenvalue weighted by molar-refractivity contribution is -0.917. The summed E-state index contributed by atoms with van der Waals surface area (Å²) < 4.78 is 53.7. The van der Waals surface area contributed by atoms with Crippen LogP contribution in [-0.4, -0.2) is 57.4 Å². The molecule has 6 nitrogen and oxygen atoms in total. The van der Waals surface area contributed by atoms with Crippen LogP contribution in [0.1, 0.15) is 13.8 Å². The van der Waals surface area contributed by atoms with Gasteiger partial charge in [-0.25, -0.2) is 17.2 Å². The van der Waals surface area contributed by atoms with Gasteiger partial charge in [-0.1, -0.05) is 6.07 Å². The van der Waals surface area contributed by atoms with Crippen molar-refractivity contribution in [3.05, 3.63) is 29.8 Å². The number of quaternary nitrogens is 1. The van der Waals surface area contributed by atoms with Crippen molar-refractivity contribution in [2.45, 2.75) is 24.8 Å². The molecule has 0 bridgehead atoms. The van der Waals surface area contributed by atoms with E-state index in [4.69, 9.17) is 0 Å². The maximum atomic E-state index is 13.8. The van der Waals surface area contributed by atoms with Crippen molar-refractivity contribution in [3.63, 3.8) is 0 Å². The number of piperazine rings is 1. The van der Waals surface area contributed by atoms with E-state index >= 15 is 0 Å². The van der Waals surface area contributed by atoms with Gasteiger partial charge in [-0.05, 0) is 26.0 Å². The van der Waals surface area contributed by atoms with E-state index in [9.17, 15) is 22.0 Å². The van der Waals surface area contributed by atoms with Crippen molar-refractivity contribution in [1.29, 1.82) is 0 Å². The minimum atomic E-state index is -4.23. The minimum absolute atomic E-state index is 0.0936. The quantitative estimate of drug-likeness (QED) is 0.733. The van der Waals surface area contributed by atoms with Crippen molar-refractivity contribution >= 4 is 15.9 Å². The van der Waals surface area contributed by atoms with E-state index in [2.05, 4.69) is 5.32 Å². The third kappa shape index (κ3) is 3.73. The highest BCUT2D eigenvalue weighted by molar-refractivity contribution is 7.89. The summed E-state index contributed by atoms with van der Waals surface area (Å²) in [5, 5.41) is 2.73. The van der Waals surface area contributed by atoms with Gasteiger partial charge in [0.05, 0.1) is 26.2 Å². The van der Waals surface area contributed by atoms with Crippen molar-refractivity contribution in [2.24, 2.45) is 0 Å². The molecule has 0 unspecified atom stereocenters. The largest absolute Gasteiger partial charge is 0.351 e. The van der Waals surface area contributed by atoms with Gasteiger partial charge in [0.25, 0.3) is 5.91 Å². The lowest BCUT2D eigenvalue weighted by atomic mass is 10.2. The molecular formula is C15H22F2N3O3S+. The first kappa shape index (κ1) is 18.8. The maximum absolute atomic E-state index is 13.8.